The van der Waals surface area contributed by atoms with Crippen LogP contribution in [0.1, 0.15) is 6.92 Å². The minimum atomic E-state index is 0.432. The van der Waals surface area contributed by atoms with Crippen LogP contribution in [0.5, 0.6) is 0 Å². The van der Waals surface area contributed by atoms with E-state index in [0.29, 0.717) is 9.55 Å². The van der Waals surface area contributed by atoms with Gasteiger partial charge >= 0.3 is 0 Å². The highest BCUT2D eigenvalue weighted by Crippen LogP contribution is 2.27. The fraction of sp³-hybridized carbons (Fsp3) is 1.00. The molecule has 0 bridgehead atoms. The Morgan fingerprint density at radius 1 is 1.86 bits per heavy atom. The van der Waals surface area contributed by atoms with Gasteiger partial charge in [-0.1, -0.05) is 22.6 Å². The minimum absolute atomic E-state index is 0.432. The Bertz CT molecular complexity index is 60.7. The molecule has 42 valence electrons. The molecule has 1 aliphatic heterocycles. The second-order valence-electron chi connectivity index (χ2n) is 1.45. The van der Waals surface area contributed by atoms with Crippen LogP contribution in [0.2, 0.25) is 0 Å². The molecule has 7 heavy (non-hydrogen) atoms. The Morgan fingerprint density at radius 2 is 2.57 bits per heavy atom. The second-order valence-corrected chi connectivity index (χ2v) is 4.17. The van der Waals surface area contributed by atoms with Gasteiger partial charge in [-0.25, -0.2) is 0 Å². The number of thioether (sulfide) groups is 1. The lowest BCUT2D eigenvalue weighted by Crippen LogP contribution is -1.99. The fourth-order valence-corrected chi connectivity index (χ4v) is 2.47. The molecule has 2 atom stereocenters. The number of halogens is 1. The van der Waals surface area contributed by atoms with Gasteiger partial charge in [0, 0.05) is 5.75 Å². The van der Waals surface area contributed by atoms with Crippen molar-refractivity contribution in [3.8, 4) is 0 Å². The molecule has 0 spiro atoms. The standard InChI is InChI=1S/C4H7IOS/c1-3-6-4(5)2-7-3/h3-4H,2H2,1H3/t3-,4+/m0/s1. The summed E-state index contributed by atoms with van der Waals surface area (Å²) in [5, 5.41) is 0. The van der Waals surface area contributed by atoms with E-state index in [1.165, 1.54) is 0 Å². The Labute approximate surface area is 61.3 Å². The van der Waals surface area contributed by atoms with Gasteiger partial charge in [-0.05, 0) is 6.92 Å². The molecule has 1 saturated heterocycles. The van der Waals surface area contributed by atoms with E-state index in [4.69, 9.17) is 4.74 Å². The summed E-state index contributed by atoms with van der Waals surface area (Å²) in [7, 11) is 0. The third-order valence-electron chi connectivity index (χ3n) is 0.801. The Balaban J connectivity index is 2.26. The van der Waals surface area contributed by atoms with Gasteiger partial charge in [0.05, 0.1) is 0 Å². The van der Waals surface area contributed by atoms with Gasteiger partial charge in [0.2, 0.25) is 0 Å². The number of alkyl halides is 1. The van der Waals surface area contributed by atoms with Crippen molar-refractivity contribution in [1.29, 1.82) is 0 Å². The summed E-state index contributed by atoms with van der Waals surface area (Å²) in [4.78, 5) is 0. The molecule has 0 unspecified atom stereocenters. The molecule has 1 fully saturated rings. The zero-order chi connectivity index (χ0) is 5.28. The summed E-state index contributed by atoms with van der Waals surface area (Å²) in [5.74, 6) is 1.15. The van der Waals surface area contributed by atoms with Crippen LogP contribution in [0.15, 0.2) is 0 Å². The maximum Gasteiger partial charge on any atom is 0.119 e. The molecule has 0 aromatic rings. The largest absolute Gasteiger partial charge is 0.353 e. The maximum absolute atomic E-state index is 5.31. The number of hydrogen-bond acceptors (Lipinski definition) is 2. The van der Waals surface area contributed by atoms with E-state index >= 15 is 0 Å². The van der Waals surface area contributed by atoms with Crippen molar-refractivity contribution in [2.75, 3.05) is 5.75 Å². The molecule has 1 aliphatic rings. The Hall–Kier alpha value is 1.04. The number of ether oxygens (including phenoxy) is 1. The zero-order valence-corrected chi connectivity index (χ0v) is 7.03. The molecule has 0 N–H and O–H groups in total. The molecule has 0 aromatic heterocycles. The van der Waals surface area contributed by atoms with Gasteiger partial charge in [-0.15, -0.1) is 11.8 Å². The molecule has 0 aliphatic carbocycles. The van der Waals surface area contributed by atoms with Crippen molar-refractivity contribution in [2.24, 2.45) is 0 Å². The van der Waals surface area contributed by atoms with E-state index in [0.717, 1.165) is 5.75 Å². The normalized spacial score (nSPS) is 42.0. The zero-order valence-electron chi connectivity index (χ0n) is 4.06. The monoisotopic (exact) mass is 230 g/mol. The molecule has 0 aromatic carbocycles. The van der Waals surface area contributed by atoms with Crippen LogP contribution < -0.4 is 0 Å². The van der Waals surface area contributed by atoms with Crippen molar-refractivity contribution in [1.82, 2.24) is 0 Å². The first kappa shape index (κ1) is 6.16. The van der Waals surface area contributed by atoms with Crippen LogP contribution in [0.3, 0.4) is 0 Å². The highest BCUT2D eigenvalue weighted by atomic mass is 127. The predicted molar refractivity (Wildman–Crippen MR) is 40.8 cm³/mol. The summed E-state index contributed by atoms with van der Waals surface area (Å²) in [6.45, 7) is 2.09. The Kier molecular flexibility index (Phi) is 2.24. The molecule has 1 heterocycles. The first-order valence-electron chi connectivity index (χ1n) is 2.20. The van der Waals surface area contributed by atoms with Gasteiger partial charge in [0.15, 0.2) is 0 Å². The molecular formula is C4H7IOS. The average molecular weight is 230 g/mol. The predicted octanol–water partition coefficient (Wildman–Crippen LogP) is 1.86. The summed E-state index contributed by atoms with van der Waals surface area (Å²) in [6.07, 6.45) is 0. The molecule has 1 nitrogen and oxygen atoms in total. The van der Waals surface area contributed by atoms with Crippen molar-refractivity contribution in [2.45, 2.75) is 16.5 Å². The van der Waals surface area contributed by atoms with Crippen LogP contribution in [0, 0.1) is 0 Å². The SMILES string of the molecule is C[C@H]1O[C@@H](I)CS1. The second kappa shape index (κ2) is 2.55. The van der Waals surface area contributed by atoms with Gasteiger partial charge in [-0.2, -0.15) is 0 Å². The van der Waals surface area contributed by atoms with E-state index < -0.39 is 0 Å². The van der Waals surface area contributed by atoms with Crippen molar-refractivity contribution in [3.63, 3.8) is 0 Å². The van der Waals surface area contributed by atoms with Crippen LogP contribution >= 0.6 is 34.4 Å². The maximum atomic E-state index is 5.31. The number of hydrogen-bond donors (Lipinski definition) is 0. The van der Waals surface area contributed by atoms with Crippen LogP contribution in [0.4, 0.5) is 0 Å². The van der Waals surface area contributed by atoms with Gasteiger partial charge in [-0.3, -0.25) is 0 Å². The summed E-state index contributed by atoms with van der Waals surface area (Å²) >= 11 is 4.18. The lowest BCUT2D eigenvalue weighted by atomic mass is 10.8. The average Bonchev–Trinajstić information content (AvgIpc) is 1.87. The molecular weight excluding hydrogens is 223 g/mol. The molecule has 0 saturated carbocycles. The third-order valence-corrected chi connectivity index (χ3v) is 3.21. The summed E-state index contributed by atoms with van der Waals surface area (Å²) in [6, 6.07) is 0. The number of rotatable bonds is 0. The first-order chi connectivity index (χ1) is 3.29. The quantitative estimate of drug-likeness (QED) is 0.464. The van der Waals surface area contributed by atoms with Crippen LogP contribution in [0.25, 0.3) is 0 Å². The highest BCUT2D eigenvalue weighted by Gasteiger charge is 2.18. The van der Waals surface area contributed by atoms with Crippen molar-refractivity contribution in [3.05, 3.63) is 0 Å². The molecule has 0 radical (unpaired) electrons. The fourth-order valence-electron chi connectivity index (χ4n) is 0.498. The third kappa shape index (κ3) is 1.77. The molecule has 1 rings (SSSR count). The highest BCUT2D eigenvalue weighted by molar-refractivity contribution is 14.1. The summed E-state index contributed by atoms with van der Waals surface area (Å²) < 4.78 is 5.77. The smallest absolute Gasteiger partial charge is 0.119 e. The Morgan fingerprint density at radius 3 is 2.71 bits per heavy atom. The van der Waals surface area contributed by atoms with Gasteiger partial charge in [0.1, 0.15) is 9.55 Å². The lowest BCUT2D eigenvalue weighted by molar-refractivity contribution is 0.143. The summed E-state index contributed by atoms with van der Waals surface area (Å²) in [5.41, 5.74) is 0.432. The molecule has 0 amide bonds. The van der Waals surface area contributed by atoms with E-state index in [1.807, 2.05) is 11.8 Å². The van der Waals surface area contributed by atoms with Crippen molar-refractivity contribution >= 4 is 34.4 Å². The van der Waals surface area contributed by atoms with Gasteiger partial charge in [0.25, 0.3) is 0 Å². The first-order valence-corrected chi connectivity index (χ1v) is 4.49. The van der Waals surface area contributed by atoms with E-state index in [9.17, 15) is 0 Å². The van der Waals surface area contributed by atoms with Crippen LogP contribution in [-0.4, -0.2) is 15.3 Å². The molecule has 3 heteroatoms. The van der Waals surface area contributed by atoms with E-state index in [2.05, 4.69) is 29.5 Å². The van der Waals surface area contributed by atoms with Gasteiger partial charge < -0.3 is 4.74 Å². The van der Waals surface area contributed by atoms with Crippen molar-refractivity contribution < 1.29 is 4.74 Å². The topological polar surface area (TPSA) is 9.23 Å². The minimum Gasteiger partial charge on any atom is -0.353 e. The lowest BCUT2D eigenvalue weighted by Gasteiger charge is -1.98. The van der Waals surface area contributed by atoms with E-state index in [1.54, 1.807) is 0 Å². The van der Waals surface area contributed by atoms with E-state index in [-0.39, 0.29) is 0 Å². The van der Waals surface area contributed by atoms with Crippen LogP contribution in [-0.2, 0) is 4.74 Å².